The average molecular weight is 282 g/mol. The number of halogens is 2. The number of rotatable bonds is 3. The summed E-state index contributed by atoms with van der Waals surface area (Å²) in [7, 11) is 0. The first-order chi connectivity index (χ1) is 9.40. The molecule has 0 radical (unpaired) electrons. The van der Waals surface area contributed by atoms with Crippen LogP contribution in [0.2, 0.25) is 0 Å². The van der Waals surface area contributed by atoms with Crippen LogP contribution in [-0.4, -0.2) is 20.4 Å². The number of phenolic OH excluding ortho intramolecular Hbond substituents is 2. The lowest BCUT2D eigenvalue weighted by Crippen LogP contribution is -1.98. The summed E-state index contributed by atoms with van der Waals surface area (Å²) in [5.41, 5.74) is -0.329. The minimum atomic E-state index is -2.38. The molecule has 0 aliphatic heterocycles. The Morgan fingerprint density at radius 1 is 0.700 bits per heavy atom. The molecule has 2 atom stereocenters. The number of benzene rings is 2. The predicted molar refractivity (Wildman–Crippen MR) is 67.3 cm³/mol. The molecule has 106 valence electrons. The van der Waals surface area contributed by atoms with E-state index < -0.39 is 12.7 Å². The number of aromatic hydroxyl groups is 2. The molecule has 0 aliphatic rings. The summed E-state index contributed by atoms with van der Waals surface area (Å²) in [4.78, 5) is 0. The quantitative estimate of drug-likeness (QED) is 0.697. The van der Waals surface area contributed by atoms with Gasteiger partial charge in [0.05, 0.1) is 0 Å². The van der Waals surface area contributed by atoms with Gasteiger partial charge >= 0.3 is 0 Å². The van der Waals surface area contributed by atoms with Gasteiger partial charge in [-0.2, -0.15) is 0 Å². The topological polar surface area (TPSA) is 80.9 Å². The summed E-state index contributed by atoms with van der Waals surface area (Å²) < 4.78 is 26.4. The molecule has 2 aromatic rings. The van der Waals surface area contributed by atoms with E-state index in [4.69, 9.17) is 10.2 Å². The van der Waals surface area contributed by atoms with Crippen LogP contribution in [0.3, 0.4) is 0 Å². The third kappa shape index (κ3) is 2.71. The highest BCUT2D eigenvalue weighted by Gasteiger charge is 2.19. The van der Waals surface area contributed by atoms with Crippen molar-refractivity contribution in [3.8, 4) is 22.6 Å². The summed E-state index contributed by atoms with van der Waals surface area (Å²) in [5, 5.41) is 36.8. The second kappa shape index (κ2) is 5.44. The van der Waals surface area contributed by atoms with Crippen LogP contribution in [0, 0.1) is 0 Å². The van der Waals surface area contributed by atoms with Crippen LogP contribution in [0.4, 0.5) is 8.78 Å². The van der Waals surface area contributed by atoms with Gasteiger partial charge in [0.2, 0.25) is 12.7 Å². The summed E-state index contributed by atoms with van der Waals surface area (Å²) in [5.74, 6) is -0.525. The van der Waals surface area contributed by atoms with Crippen molar-refractivity contribution >= 4 is 0 Å². The van der Waals surface area contributed by atoms with E-state index in [1.165, 1.54) is 24.3 Å². The Balaban J connectivity index is 2.68. The molecule has 2 unspecified atom stereocenters. The molecule has 0 saturated carbocycles. The molecule has 0 bridgehead atoms. The van der Waals surface area contributed by atoms with Gasteiger partial charge in [-0.05, 0) is 35.4 Å². The fraction of sp³-hybridized carbons (Fsp3) is 0.143. The van der Waals surface area contributed by atoms with Crippen molar-refractivity contribution in [1.29, 1.82) is 0 Å². The van der Waals surface area contributed by atoms with Gasteiger partial charge in [0.25, 0.3) is 0 Å². The van der Waals surface area contributed by atoms with Crippen LogP contribution < -0.4 is 0 Å². The van der Waals surface area contributed by atoms with Gasteiger partial charge in [-0.1, -0.05) is 12.1 Å². The maximum Gasteiger partial charge on any atom is 0.223 e. The number of hydrogen-bond acceptors (Lipinski definition) is 4. The SMILES string of the molecule is Oc1ccc(-c2ccc(O)cc2C(O)F)c(C(O)F)c1. The number of aliphatic hydroxyl groups is 2. The lowest BCUT2D eigenvalue weighted by atomic mass is 9.94. The molecular formula is C14H12F2O4. The largest absolute Gasteiger partial charge is 0.508 e. The Morgan fingerprint density at radius 3 is 1.35 bits per heavy atom. The van der Waals surface area contributed by atoms with Crippen molar-refractivity contribution in [2.45, 2.75) is 12.7 Å². The highest BCUT2D eigenvalue weighted by Crippen LogP contribution is 2.37. The molecule has 0 aromatic heterocycles. The van der Waals surface area contributed by atoms with E-state index in [9.17, 15) is 19.0 Å². The Labute approximate surface area is 113 Å². The number of hydrogen-bond donors (Lipinski definition) is 4. The molecule has 2 aromatic carbocycles. The van der Waals surface area contributed by atoms with Crippen LogP contribution in [0.5, 0.6) is 11.5 Å². The number of aliphatic hydroxyl groups excluding tert-OH is 2. The number of phenols is 2. The Hall–Kier alpha value is -2.18. The maximum atomic E-state index is 13.2. The average Bonchev–Trinajstić information content (AvgIpc) is 2.38. The van der Waals surface area contributed by atoms with E-state index in [0.717, 1.165) is 12.1 Å². The Bertz CT molecular complexity index is 571. The smallest absolute Gasteiger partial charge is 0.223 e. The summed E-state index contributed by atoms with van der Waals surface area (Å²) >= 11 is 0. The normalized spacial score (nSPS) is 14.0. The molecule has 0 amide bonds. The van der Waals surface area contributed by atoms with Crippen LogP contribution in [-0.2, 0) is 0 Å². The second-order valence-corrected chi connectivity index (χ2v) is 4.21. The highest BCUT2D eigenvalue weighted by atomic mass is 19.1. The minimum absolute atomic E-state index is 0.101. The van der Waals surface area contributed by atoms with Gasteiger partial charge in [-0.3, -0.25) is 0 Å². The van der Waals surface area contributed by atoms with Crippen LogP contribution in [0.1, 0.15) is 23.8 Å². The predicted octanol–water partition coefficient (Wildman–Crippen LogP) is 2.69. The fourth-order valence-corrected chi connectivity index (χ4v) is 1.98. The van der Waals surface area contributed by atoms with Crippen molar-refractivity contribution in [2.24, 2.45) is 0 Å². The van der Waals surface area contributed by atoms with Gasteiger partial charge in [-0.15, -0.1) is 0 Å². The second-order valence-electron chi connectivity index (χ2n) is 4.21. The van der Waals surface area contributed by atoms with Crippen molar-refractivity contribution < 1.29 is 29.2 Å². The van der Waals surface area contributed by atoms with Crippen molar-refractivity contribution in [3.05, 3.63) is 47.5 Å². The monoisotopic (exact) mass is 282 g/mol. The van der Waals surface area contributed by atoms with Crippen molar-refractivity contribution in [1.82, 2.24) is 0 Å². The molecule has 2 rings (SSSR count). The summed E-state index contributed by atoms with van der Waals surface area (Å²) in [6.07, 6.45) is -4.76. The molecule has 4 N–H and O–H groups in total. The third-order valence-corrected chi connectivity index (χ3v) is 2.87. The molecule has 0 spiro atoms. The van der Waals surface area contributed by atoms with Gasteiger partial charge in [0.1, 0.15) is 11.5 Å². The Kier molecular flexibility index (Phi) is 3.87. The fourth-order valence-electron chi connectivity index (χ4n) is 1.98. The van der Waals surface area contributed by atoms with Gasteiger partial charge in [0, 0.05) is 11.1 Å². The van der Waals surface area contributed by atoms with Crippen LogP contribution in [0.15, 0.2) is 36.4 Å². The number of alkyl halides is 2. The summed E-state index contributed by atoms with van der Waals surface area (Å²) in [6, 6.07) is 7.05. The minimum Gasteiger partial charge on any atom is -0.508 e. The first-order valence-electron chi connectivity index (χ1n) is 5.70. The van der Waals surface area contributed by atoms with E-state index in [2.05, 4.69) is 0 Å². The zero-order valence-electron chi connectivity index (χ0n) is 10.2. The molecule has 6 heteroatoms. The molecule has 0 heterocycles. The lowest BCUT2D eigenvalue weighted by Gasteiger charge is -2.15. The maximum absolute atomic E-state index is 13.2. The molecule has 0 fully saturated rings. The molecule has 20 heavy (non-hydrogen) atoms. The van der Waals surface area contributed by atoms with Crippen LogP contribution in [0.25, 0.3) is 11.1 Å². The Morgan fingerprint density at radius 2 is 1.05 bits per heavy atom. The molecule has 4 nitrogen and oxygen atoms in total. The first-order valence-corrected chi connectivity index (χ1v) is 5.70. The third-order valence-electron chi connectivity index (χ3n) is 2.87. The van der Waals surface area contributed by atoms with E-state index in [1.54, 1.807) is 0 Å². The zero-order chi connectivity index (χ0) is 14.9. The van der Waals surface area contributed by atoms with Crippen molar-refractivity contribution in [2.75, 3.05) is 0 Å². The van der Waals surface area contributed by atoms with E-state index >= 15 is 0 Å². The molecular weight excluding hydrogens is 270 g/mol. The lowest BCUT2D eigenvalue weighted by molar-refractivity contribution is 0.0393. The van der Waals surface area contributed by atoms with Gasteiger partial charge in [-0.25, -0.2) is 8.78 Å². The first kappa shape index (κ1) is 14.2. The van der Waals surface area contributed by atoms with Gasteiger partial charge in [0.15, 0.2) is 0 Å². The van der Waals surface area contributed by atoms with E-state index in [-0.39, 0.29) is 33.8 Å². The molecule has 0 saturated heterocycles. The van der Waals surface area contributed by atoms with E-state index in [1.807, 2.05) is 0 Å². The molecule has 0 aliphatic carbocycles. The van der Waals surface area contributed by atoms with E-state index in [0.29, 0.717) is 0 Å². The van der Waals surface area contributed by atoms with Crippen LogP contribution >= 0.6 is 0 Å². The summed E-state index contributed by atoms with van der Waals surface area (Å²) in [6.45, 7) is 0. The highest BCUT2D eigenvalue weighted by molar-refractivity contribution is 5.73. The zero-order valence-corrected chi connectivity index (χ0v) is 10.2. The van der Waals surface area contributed by atoms with Crippen molar-refractivity contribution in [3.63, 3.8) is 0 Å². The standard InChI is InChI=1S/C14H12F2O4/c15-13(19)11-5-7(17)1-3-9(11)10-4-2-8(18)6-12(10)14(16)20/h1-6,13-14,17-20H. The van der Waals surface area contributed by atoms with Gasteiger partial charge < -0.3 is 20.4 Å².